The van der Waals surface area contributed by atoms with Crippen molar-refractivity contribution >= 4 is 5.97 Å². The van der Waals surface area contributed by atoms with Crippen LogP contribution >= 0.6 is 0 Å². The average Bonchev–Trinajstić information content (AvgIpc) is 2.25. The van der Waals surface area contributed by atoms with E-state index in [1.807, 2.05) is 13.0 Å². The Morgan fingerprint density at radius 2 is 2.25 bits per heavy atom. The number of carbonyl (C=O) groups excluding carboxylic acids is 1. The van der Waals surface area contributed by atoms with Gasteiger partial charge in [0.25, 0.3) is 0 Å². The highest BCUT2D eigenvalue weighted by atomic mass is 16.5. The molecule has 0 bridgehead atoms. The molecule has 0 saturated carbocycles. The summed E-state index contributed by atoms with van der Waals surface area (Å²) in [5, 5.41) is 9.39. The SMILES string of the molecule is C=C(C)C(CC(=O)OC)c1cccc(O)c1. The molecule has 16 heavy (non-hydrogen) atoms. The number of allylic oxidation sites excluding steroid dienone is 1. The number of hydrogen-bond donors (Lipinski definition) is 1. The molecule has 3 nitrogen and oxygen atoms in total. The lowest BCUT2D eigenvalue weighted by molar-refractivity contribution is -0.140. The average molecular weight is 220 g/mol. The molecule has 0 aliphatic carbocycles. The molecule has 0 amide bonds. The summed E-state index contributed by atoms with van der Waals surface area (Å²) < 4.78 is 4.64. The van der Waals surface area contributed by atoms with Gasteiger partial charge in [-0.15, -0.1) is 0 Å². The zero-order valence-electron chi connectivity index (χ0n) is 9.56. The number of hydrogen-bond acceptors (Lipinski definition) is 3. The third-order valence-electron chi connectivity index (χ3n) is 2.47. The Balaban J connectivity index is 2.94. The van der Waals surface area contributed by atoms with Crippen molar-refractivity contribution in [3.8, 4) is 5.75 Å². The lowest BCUT2D eigenvalue weighted by Gasteiger charge is -2.16. The second-order valence-corrected chi connectivity index (χ2v) is 3.77. The number of benzene rings is 1. The van der Waals surface area contributed by atoms with Gasteiger partial charge in [-0.05, 0) is 24.6 Å². The topological polar surface area (TPSA) is 46.5 Å². The molecule has 0 saturated heterocycles. The van der Waals surface area contributed by atoms with Gasteiger partial charge in [-0.2, -0.15) is 0 Å². The standard InChI is InChI=1S/C13H16O3/c1-9(2)12(8-13(15)16-3)10-5-4-6-11(14)7-10/h4-7,12,14H,1,8H2,2-3H3. The molecule has 1 atom stereocenters. The molecule has 0 aliphatic rings. The Labute approximate surface area is 95.4 Å². The number of esters is 1. The van der Waals surface area contributed by atoms with Crippen LogP contribution in [0.4, 0.5) is 0 Å². The molecule has 86 valence electrons. The molecule has 1 aromatic carbocycles. The van der Waals surface area contributed by atoms with E-state index in [-0.39, 0.29) is 24.1 Å². The Bertz CT molecular complexity index is 396. The van der Waals surface area contributed by atoms with Crippen molar-refractivity contribution in [3.63, 3.8) is 0 Å². The molecule has 3 heteroatoms. The summed E-state index contributed by atoms with van der Waals surface area (Å²) in [5.41, 5.74) is 1.74. The minimum Gasteiger partial charge on any atom is -0.508 e. The van der Waals surface area contributed by atoms with Crippen molar-refractivity contribution in [1.29, 1.82) is 0 Å². The van der Waals surface area contributed by atoms with Gasteiger partial charge < -0.3 is 9.84 Å². The van der Waals surface area contributed by atoms with Gasteiger partial charge in [0.05, 0.1) is 13.5 Å². The van der Waals surface area contributed by atoms with Gasteiger partial charge in [0.1, 0.15) is 5.75 Å². The van der Waals surface area contributed by atoms with E-state index in [9.17, 15) is 9.90 Å². The zero-order chi connectivity index (χ0) is 12.1. The van der Waals surface area contributed by atoms with Crippen LogP contribution in [0.5, 0.6) is 5.75 Å². The van der Waals surface area contributed by atoms with Crippen molar-refractivity contribution in [2.45, 2.75) is 19.3 Å². The maximum atomic E-state index is 11.3. The Kier molecular flexibility index (Phi) is 4.11. The summed E-state index contributed by atoms with van der Waals surface area (Å²) in [6, 6.07) is 6.85. The van der Waals surface area contributed by atoms with E-state index in [1.165, 1.54) is 7.11 Å². The third kappa shape index (κ3) is 3.12. The van der Waals surface area contributed by atoms with Gasteiger partial charge in [-0.1, -0.05) is 24.3 Å². The summed E-state index contributed by atoms with van der Waals surface area (Å²) in [4.78, 5) is 11.3. The molecule has 0 aliphatic heterocycles. The van der Waals surface area contributed by atoms with Crippen molar-refractivity contribution in [2.75, 3.05) is 7.11 Å². The number of phenols is 1. The minimum atomic E-state index is -0.281. The van der Waals surface area contributed by atoms with Gasteiger partial charge in [-0.3, -0.25) is 4.79 Å². The molecule has 1 unspecified atom stereocenters. The minimum absolute atomic E-state index is 0.112. The summed E-state index contributed by atoms with van der Waals surface area (Å²) in [5.74, 6) is -0.204. The summed E-state index contributed by atoms with van der Waals surface area (Å²) in [6.45, 7) is 5.72. The van der Waals surface area contributed by atoms with E-state index in [0.717, 1.165) is 11.1 Å². The highest BCUT2D eigenvalue weighted by Gasteiger charge is 2.17. The first kappa shape index (κ1) is 12.3. The van der Waals surface area contributed by atoms with E-state index in [1.54, 1.807) is 18.2 Å². The largest absolute Gasteiger partial charge is 0.508 e. The molecular weight excluding hydrogens is 204 g/mol. The second kappa shape index (κ2) is 5.35. The fourth-order valence-electron chi connectivity index (χ4n) is 1.57. The Morgan fingerprint density at radius 1 is 1.56 bits per heavy atom. The lowest BCUT2D eigenvalue weighted by atomic mass is 9.90. The van der Waals surface area contributed by atoms with Crippen LogP contribution in [0.25, 0.3) is 0 Å². The van der Waals surface area contributed by atoms with Gasteiger partial charge in [0.15, 0.2) is 0 Å². The molecule has 0 aromatic heterocycles. The number of rotatable bonds is 4. The first-order valence-electron chi connectivity index (χ1n) is 5.05. The van der Waals surface area contributed by atoms with Crippen molar-refractivity contribution < 1.29 is 14.6 Å². The quantitative estimate of drug-likeness (QED) is 0.626. The fraction of sp³-hybridized carbons (Fsp3) is 0.308. The Morgan fingerprint density at radius 3 is 2.75 bits per heavy atom. The highest BCUT2D eigenvalue weighted by Crippen LogP contribution is 2.28. The molecule has 1 aromatic rings. The third-order valence-corrected chi connectivity index (χ3v) is 2.47. The summed E-state index contributed by atoms with van der Waals surface area (Å²) in [7, 11) is 1.36. The molecule has 0 radical (unpaired) electrons. The molecule has 1 N–H and O–H groups in total. The van der Waals surface area contributed by atoms with E-state index in [0.29, 0.717) is 0 Å². The van der Waals surface area contributed by atoms with Crippen LogP contribution in [0.1, 0.15) is 24.8 Å². The number of methoxy groups -OCH3 is 1. The summed E-state index contributed by atoms with van der Waals surface area (Å²) >= 11 is 0. The van der Waals surface area contributed by atoms with Crippen LogP contribution in [0.3, 0.4) is 0 Å². The van der Waals surface area contributed by atoms with E-state index in [4.69, 9.17) is 0 Å². The predicted octanol–water partition coefficient (Wildman–Crippen LogP) is 2.62. The smallest absolute Gasteiger partial charge is 0.306 e. The summed E-state index contributed by atoms with van der Waals surface area (Å²) in [6.07, 6.45) is 0.245. The number of carbonyl (C=O) groups is 1. The van der Waals surface area contributed by atoms with E-state index >= 15 is 0 Å². The van der Waals surface area contributed by atoms with E-state index in [2.05, 4.69) is 11.3 Å². The maximum Gasteiger partial charge on any atom is 0.306 e. The normalized spacial score (nSPS) is 11.9. The monoisotopic (exact) mass is 220 g/mol. The molecule has 0 fully saturated rings. The van der Waals surface area contributed by atoms with Gasteiger partial charge in [0, 0.05) is 5.92 Å². The van der Waals surface area contributed by atoms with Crippen LogP contribution in [0.15, 0.2) is 36.4 Å². The van der Waals surface area contributed by atoms with E-state index < -0.39 is 0 Å². The molecule has 0 spiro atoms. The molecular formula is C13H16O3. The van der Waals surface area contributed by atoms with Gasteiger partial charge in [0.2, 0.25) is 0 Å². The predicted molar refractivity (Wildman–Crippen MR) is 62.3 cm³/mol. The maximum absolute atomic E-state index is 11.3. The zero-order valence-corrected chi connectivity index (χ0v) is 9.56. The van der Waals surface area contributed by atoms with Crippen molar-refractivity contribution in [2.24, 2.45) is 0 Å². The van der Waals surface area contributed by atoms with Crippen molar-refractivity contribution in [1.82, 2.24) is 0 Å². The number of phenolic OH excluding ortho intramolecular Hbond substituents is 1. The molecule has 0 heterocycles. The second-order valence-electron chi connectivity index (χ2n) is 3.77. The fourth-order valence-corrected chi connectivity index (χ4v) is 1.57. The lowest BCUT2D eigenvalue weighted by Crippen LogP contribution is -2.09. The number of ether oxygens (including phenoxy) is 1. The first-order valence-corrected chi connectivity index (χ1v) is 5.05. The number of aromatic hydroxyl groups is 1. The Hall–Kier alpha value is -1.77. The highest BCUT2D eigenvalue weighted by molar-refractivity contribution is 5.71. The first-order chi connectivity index (χ1) is 7.54. The van der Waals surface area contributed by atoms with Crippen LogP contribution in [0, 0.1) is 0 Å². The van der Waals surface area contributed by atoms with Gasteiger partial charge in [-0.25, -0.2) is 0 Å². The van der Waals surface area contributed by atoms with Crippen LogP contribution in [-0.4, -0.2) is 18.2 Å². The van der Waals surface area contributed by atoms with Crippen LogP contribution < -0.4 is 0 Å². The van der Waals surface area contributed by atoms with Gasteiger partial charge >= 0.3 is 5.97 Å². The molecule has 1 rings (SSSR count). The van der Waals surface area contributed by atoms with Crippen molar-refractivity contribution in [3.05, 3.63) is 42.0 Å². The van der Waals surface area contributed by atoms with Crippen LogP contribution in [-0.2, 0) is 9.53 Å². The van der Waals surface area contributed by atoms with Crippen LogP contribution in [0.2, 0.25) is 0 Å².